The van der Waals surface area contributed by atoms with Gasteiger partial charge in [0.05, 0.1) is 0 Å². The van der Waals surface area contributed by atoms with Gasteiger partial charge in [-0.25, -0.2) is 0 Å². The van der Waals surface area contributed by atoms with Crippen molar-refractivity contribution in [2.75, 3.05) is 0 Å². The Morgan fingerprint density at radius 1 is 1.13 bits per heavy atom. The third-order valence-corrected chi connectivity index (χ3v) is 8.86. The van der Waals surface area contributed by atoms with E-state index >= 15 is 0 Å². The molecule has 0 N–H and O–H groups in total. The Hall–Kier alpha value is -1.20. The van der Waals surface area contributed by atoms with Crippen LogP contribution in [0.4, 0.5) is 0 Å². The fourth-order valence-electron chi connectivity index (χ4n) is 3.30. The minimum atomic E-state index is -0.777. The molecule has 0 heterocycles. The Kier molecular flexibility index (Phi) is 4.88. The van der Waals surface area contributed by atoms with Crippen molar-refractivity contribution in [3.63, 3.8) is 0 Å². The topological polar surface area (TPSA) is 0 Å². The van der Waals surface area contributed by atoms with Crippen LogP contribution in [0.2, 0.25) is 0 Å². The van der Waals surface area contributed by atoms with Crippen molar-refractivity contribution in [1.82, 2.24) is 0 Å². The van der Waals surface area contributed by atoms with Crippen LogP contribution in [0.5, 0.6) is 0 Å². The normalized spacial score (nSPS) is 20.4. The van der Waals surface area contributed by atoms with Crippen molar-refractivity contribution in [3.8, 4) is 0 Å². The SMILES string of the molecule is CC=C(C)C(C)=[C](C)[Zr][C]1=C2C=CC=CC2c2ccc(C)cc21. The summed E-state index contributed by atoms with van der Waals surface area (Å²) in [6.45, 7) is 11.2. The standard InChI is InChI=1S/C14H11.C8H13.Zr/c1-10-6-7-14-12(8-10)9-11-4-2-3-5-13(11)14;1-5-7(3)8(4)6-2;/h2-8,13H,1H3;5H,1-4H3;. The number of fused-ring (bicyclic) bond motifs is 3. The van der Waals surface area contributed by atoms with Crippen molar-refractivity contribution in [2.45, 2.75) is 40.5 Å². The van der Waals surface area contributed by atoms with Gasteiger partial charge < -0.3 is 0 Å². The van der Waals surface area contributed by atoms with E-state index in [1.807, 2.05) is 0 Å². The van der Waals surface area contributed by atoms with Gasteiger partial charge in [-0.15, -0.1) is 0 Å². The third-order valence-electron chi connectivity index (χ3n) is 5.03. The first-order chi connectivity index (χ1) is 11.0. The van der Waals surface area contributed by atoms with Crippen molar-refractivity contribution < 1.29 is 23.2 Å². The fourth-order valence-corrected chi connectivity index (χ4v) is 6.97. The number of benzene rings is 1. The van der Waals surface area contributed by atoms with Crippen molar-refractivity contribution in [2.24, 2.45) is 0 Å². The van der Waals surface area contributed by atoms with Crippen LogP contribution in [0.1, 0.15) is 50.3 Å². The van der Waals surface area contributed by atoms with Crippen LogP contribution in [0.25, 0.3) is 3.28 Å². The maximum atomic E-state index is 2.41. The van der Waals surface area contributed by atoms with Gasteiger partial charge >= 0.3 is 152 Å². The molecule has 0 spiro atoms. The molecule has 0 bridgehead atoms. The van der Waals surface area contributed by atoms with E-state index in [0.29, 0.717) is 5.92 Å². The van der Waals surface area contributed by atoms with Gasteiger partial charge in [0.1, 0.15) is 0 Å². The van der Waals surface area contributed by atoms with Gasteiger partial charge in [-0.3, -0.25) is 0 Å². The number of hydrogen-bond acceptors (Lipinski definition) is 0. The summed E-state index contributed by atoms with van der Waals surface area (Å²) >= 11 is -0.777. The zero-order valence-electron chi connectivity index (χ0n) is 14.7. The Labute approximate surface area is 152 Å². The quantitative estimate of drug-likeness (QED) is 0.543. The molecule has 23 heavy (non-hydrogen) atoms. The molecular weight excluding hydrogens is 355 g/mol. The number of aryl methyl sites for hydroxylation is 1. The van der Waals surface area contributed by atoms with Crippen LogP contribution in [0, 0.1) is 6.92 Å². The third kappa shape index (κ3) is 3.09. The molecule has 0 radical (unpaired) electrons. The van der Waals surface area contributed by atoms with Crippen LogP contribution >= 0.6 is 0 Å². The van der Waals surface area contributed by atoms with Gasteiger partial charge in [-0.2, -0.15) is 0 Å². The van der Waals surface area contributed by atoms with E-state index < -0.39 is 23.2 Å². The molecule has 0 aromatic heterocycles. The second-order valence-electron chi connectivity index (χ2n) is 6.49. The van der Waals surface area contributed by atoms with Gasteiger partial charge in [-0.1, -0.05) is 0 Å². The molecule has 0 nitrogen and oxygen atoms in total. The number of hydrogen-bond donors (Lipinski definition) is 0. The zero-order chi connectivity index (χ0) is 16.6. The van der Waals surface area contributed by atoms with Gasteiger partial charge in [0.25, 0.3) is 0 Å². The molecule has 116 valence electrons. The molecule has 0 fully saturated rings. The van der Waals surface area contributed by atoms with Crippen LogP contribution in [0.3, 0.4) is 0 Å². The Balaban J connectivity index is 2.09. The second kappa shape index (κ2) is 6.74. The first-order valence-electron chi connectivity index (χ1n) is 8.30. The Morgan fingerprint density at radius 3 is 2.65 bits per heavy atom. The molecule has 0 aliphatic heterocycles. The summed E-state index contributed by atoms with van der Waals surface area (Å²) in [5, 5.41) is 0. The summed E-state index contributed by atoms with van der Waals surface area (Å²) in [5.41, 5.74) is 8.89. The molecule has 2 aliphatic rings. The molecule has 1 unspecified atom stereocenters. The predicted octanol–water partition coefficient (Wildman–Crippen LogP) is 6.27. The van der Waals surface area contributed by atoms with E-state index in [-0.39, 0.29) is 0 Å². The number of rotatable bonds is 3. The van der Waals surface area contributed by atoms with E-state index in [9.17, 15) is 0 Å². The van der Waals surface area contributed by atoms with Crippen molar-refractivity contribution >= 4 is 3.28 Å². The average Bonchev–Trinajstić information content (AvgIpc) is 2.87. The van der Waals surface area contributed by atoms with Crippen LogP contribution < -0.4 is 0 Å². The summed E-state index contributed by atoms with van der Waals surface area (Å²) in [5.74, 6) is 0.488. The fraction of sp³-hybridized carbons (Fsp3) is 0.273. The molecule has 1 aromatic carbocycles. The van der Waals surface area contributed by atoms with Crippen molar-refractivity contribution in [1.29, 1.82) is 0 Å². The first kappa shape index (κ1) is 16.7. The van der Waals surface area contributed by atoms with Crippen LogP contribution in [-0.4, -0.2) is 0 Å². The van der Waals surface area contributed by atoms with Gasteiger partial charge in [0, 0.05) is 0 Å². The monoisotopic (exact) mass is 378 g/mol. The molecule has 1 heteroatoms. The molecule has 1 aromatic rings. The Morgan fingerprint density at radius 2 is 1.91 bits per heavy atom. The Bertz CT molecular complexity index is 797. The average molecular weight is 380 g/mol. The van der Waals surface area contributed by atoms with E-state index in [4.69, 9.17) is 0 Å². The molecule has 3 rings (SSSR count). The first-order valence-corrected chi connectivity index (χ1v) is 10.8. The molecule has 2 aliphatic carbocycles. The maximum absolute atomic E-state index is 2.41. The van der Waals surface area contributed by atoms with Crippen LogP contribution in [0.15, 0.2) is 68.6 Å². The minimum absolute atomic E-state index is 0.488. The molecule has 0 saturated carbocycles. The van der Waals surface area contributed by atoms with E-state index in [2.05, 4.69) is 83.2 Å². The zero-order valence-corrected chi connectivity index (χ0v) is 17.2. The number of allylic oxidation sites excluding steroid dienone is 9. The summed E-state index contributed by atoms with van der Waals surface area (Å²) in [7, 11) is 0. The van der Waals surface area contributed by atoms with E-state index in [1.165, 1.54) is 27.8 Å². The van der Waals surface area contributed by atoms with Crippen LogP contribution in [-0.2, 0) is 23.2 Å². The molecule has 0 amide bonds. The predicted molar refractivity (Wildman–Crippen MR) is 96.9 cm³/mol. The summed E-state index contributed by atoms with van der Waals surface area (Å²) in [4.78, 5) is 0. The van der Waals surface area contributed by atoms with Crippen molar-refractivity contribution in [3.05, 3.63) is 85.3 Å². The summed E-state index contributed by atoms with van der Waals surface area (Å²) in [6, 6.07) is 7.01. The van der Waals surface area contributed by atoms with E-state index in [1.54, 1.807) is 12.1 Å². The van der Waals surface area contributed by atoms with Gasteiger partial charge in [0.2, 0.25) is 0 Å². The molecule has 1 atom stereocenters. The van der Waals surface area contributed by atoms with Gasteiger partial charge in [-0.05, 0) is 0 Å². The summed E-state index contributed by atoms with van der Waals surface area (Å²) < 4.78 is 3.32. The van der Waals surface area contributed by atoms with Gasteiger partial charge in [0.15, 0.2) is 0 Å². The second-order valence-corrected chi connectivity index (χ2v) is 10.2. The summed E-state index contributed by atoms with van der Waals surface area (Å²) in [6.07, 6.45) is 11.3. The molecular formula is C22H24Zr. The van der Waals surface area contributed by atoms with E-state index in [0.717, 1.165) is 0 Å². The molecule has 0 saturated heterocycles.